The second-order valence-electron chi connectivity index (χ2n) is 4.00. The van der Waals surface area contributed by atoms with Crippen LogP contribution in [0.25, 0.3) is 0 Å². The van der Waals surface area contributed by atoms with Gasteiger partial charge in [-0.3, -0.25) is 4.79 Å². The van der Waals surface area contributed by atoms with E-state index in [-0.39, 0.29) is 0 Å². The molecule has 0 spiro atoms. The van der Waals surface area contributed by atoms with E-state index < -0.39 is 0 Å². The number of benzene rings is 1. The second kappa shape index (κ2) is 5.10. The molecular weight excluding hydrogens is 232 g/mol. The molecule has 2 rings (SSSR count). The third-order valence-electron chi connectivity index (χ3n) is 2.65. The van der Waals surface area contributed by atoms with Crippen molar-refractivity contribution in [2.75, 3.05) is 11.9 Å². The molecule has 17 heavy (non-hydrogen) atoms. The summed E-state index contributed by atoms with van der Waals surface area (Å²) in [4.78, 5) is 17.1. The van der Waals surface area contributed by atoms with Crippen LogP contribution in [0.1, 0.15) is 21.6 Å². The quantitative estimate of drug-likeness (QED) is 0.778. The summed E-state index contributed by atoms with van der Waals surface area (Å²) in [5.74, 6) is 0. The SMILES string of the molecule is Cc1cc(C=O)ccc1N(C)Cc1cscn1. The first-order valence-electron chi connectivity index (χ1n) is 5.34. The van der Waals surface area contributed by atoms with Crippen LogP contribution < -0.4 is 4.90 Å². The highest BCUT2D eigenvalue weighted by molar-refractivity contribution is 7.07. The van der Waals surface area contributed by atoms with E-state index >= 15 is 0 Å². The van der Waals surface area contributed by atoms with Crippen LogP contribution in [0.2, 0.25) is 0 Å². The number of nitrogens with zero attached hydrogens (tertiary/aromatic N) is 2. The monoisotopic (exact) mass is 246 g/mol. The Morgan fingerprint density at radius 3 is 2.88 bits per heavy atom. The molecule has 0 aliphatic rings. The number of aldehydes is 1. The Bertz CT molecular complexity index is 508. The largest absolute Gasteiger partial charge is 0.368 e. The van der Waals surface area contributed by atoms with Crippen LogP contribution in [0.3, 0.4) is 0 Å². The van der Waals surface area contributed by atoms with E-state index in [4.69, 9.17) is 0 Å². The second-order valence-corrected chi connectivity index (χ2v) is 4.72. The van der Waals surface area contributed by atoms with Gasteiger partial charge >= 0.3 is 0 Å². The Morgan fingerprint density at radius 2 is 2.29 bits per heavy atom. The normalized spacial score (nSPS) is 10.2. The smallest absolute Gasteiger partial charge is 0.150 e. The summed E-state index contributed by atoms with van der Waals surface area (Å²) in [6.07, 6.45) is 0.872. The van der Waals surface area contributed by atoms with Gasteiger partial charge in [-0.1, -0.05) is 0 Å². The van der Waals surface area contributed by atoms with Crippen LogP contribution in [0.4, 0.5) is 5.69 Å². The maximum atomic E-state index is 10.7. The molecule has 1 heterocycles. The van der Waals surface area contributed by atoms with Gasteiger partial charge < -0.3 is 4.90 Å². The number of hydrogen-bond donors (Lipinski definition) is 0. The molecule has 0 saturated carbocycles. The summed E-state index contributed by atoms with van der Waals surface area (Å²) >= 11 is 1.60. The van der Waals surface area contributed by atoms with Crippen LogP contribution in [-0.2, 0) is 6.54 Å². The van der Waals surface area contributed by atoms with Gasteiger partial charge in [0, 0.05) is 23.7 Å². The number of thiazole rings is 1. The molecule has 0 N–H and O–H groups in total. The zero-order chi connectivity index (χ0) is 12.3. The van der Waals surface area contributed by atoms with Gasteiger partial charge in [-0.2, -0.15) is 0 Å². The summed E-state index contributed by atoms with van der Waals surface area (Å²) in [5, 5.41) is 2.05. The van der Waals surface area contributed by atoms with Crippen molar-refractivity contribution < 1.29 is 4.79 Å². The van der Waals surface area contributed by atoms with Crippen LogP contribution in [0, 0.1) is 6.92 Å². The third-order valence-corrected chi connectivity index (χ3v) is 3.29. The Labute approximate surface area is 105 Å². The van der Waals surface area contributed by atoms with Crippen molar-refractivity contribution in [1.82, 2.24) is 4.98 Å². The topological polar surface area (TPSA) is 33.2 Å². The lowest BCUT2D eigenvalue weighted by Gasteiger charge is -2.20. The minimum atomic E-state index is 0.716. The molecule has 4 heteroatoms. The van der Waals surface area contributed by atoms with Crippen molar-refractivity contribution in [2.24, 2.45) is 0 Å². The fraction of sp³-hybridized carbons (Fsp3) is 0.231. The minimum absolute atomic E-state index is 0.716. The zero-order valence-corrected chi connectivity index (χ0v) is 10.7. The molecule has 0 unspecified atom stereocenters. The molecule has 0 radical (unpaired) electrons. The highest BCUT2D eigenvalue weighted by atomic mass is 32.1. The van der Waals surface area contributed by atoms with Gasteiger partial charge in [0.2, 0.25) is 0 Å². The molecule has 2 aromatic rings. The lowest BCUT2D eigenvalue weighted by Crippen LogP contribution is -2.17. The van der Waals surface area contributed by atoms with Crippen molar-refractivity contribution in [3.63, 3.8) is 0 Å². The lowest BCUT2D eigenvalue weighted by molar-refractivity contribution is 0.112. The van der Waals surface area contributed by atoms with Gasteiger partial charge in [-0.25, -0.2) is 4.98 Å². The molecule has 1 aromatic heterocycles. The minimum Gasteiger partial charge on any atom is -0.368 e. The van der Waals surface area contributed by atoms with Gasteiger partial charge in [0.15, 0.2) is 0 Å². The number of rotatable bonds is 4. The highest BCUT2D eigenvalue weighted by Crippen LogP contribution is 2.21. The highest BCUT2D eigenvalue weighted by Gasteiger charge is 2.07. The van der Waals surface area contributed by atoms with Gasteiger partial charge in [0.25, 0.3) is 0 Å². The summed E-state index contributed by atoms with van der Waals surface area (Å²) < 4.78 is 0. The molecular formula is C13H14N2OS. The van der Waals surface area contributed by atoms with Gasteiger partial charge in [-0.05, 0) is 30.7 Å². The molecule has 0 aliphatic carbocycles. The van der Waals surface area contributed by atoms with E-state index in [9.17, 15) is 4.79 Å². The van der Waals surface area contributed by atoms with Crippen molar-refractivity contribution in [1.29, 1.82) is 0 Å². The molecule has 0 atom stereocenters. The van der Waals surface area contributed by atoms with E-state index in [0.29, 0.717) is 5.56 Å². The molecule has 3 nitrogen and oxygen atoms in total. The van der Waals surface area contributed by atoms with Crippen molar-refractivity contribution in [3.8, 4) is 0 Å². The van der Waals surface area contributed by atoms with Crippen LogP contribution >= 0.6 is 11.3 Å². The van der Waals surface area contributed by atoms with Crippen molar-refractivity contribution in [3.05, 3.63) is 45.9 Å². The first-order chi connectivity index (χ1) is 8.20. The van der Waals surface area contributed by atoms with Gasteiger partial charge in [0.1, 0.15) is 6.29 Å². The zero-order valence-electron chi connectivity index (χ0n) is 9.88. The fourth-order valence-corrected chi connectivity index (χ4v) is 2.37. The van der Waals surface area contributed by atoms with E-state index in [0.717, 1.165) is 29.8 Å². The molecule has 1 aromatic carbocycles. The summed E-state index contributed by atoms with van der Waals surface area (Å²) in [6.45, 7) is 2.80. The molecule has 0 saturated heterocycles. The van der Waals surface area contributed by atoms with Gasteiger partial charge in [-0.15, -0.1) is 11.3 Å². The summed E-state index contributed by atoms with van der Waals surface area (Å²) in [7, 11) is 2.03. The van der Waals surface area contributed by atoms with Crippen molar-refractivity contribution >= 4 is 23.3 Å². The maximum absolute atomic E-state index is 10.7. The molecule has 0 bridgehead atoms. The average molecular weight is 246 g/mol. The van der Waals surface area contributed by atoms with Crippen LogP contribution in [-0.4, -0.2) is 18.3 Å². The number of carbonyl (C=O) groups is 1. The Hall–Kier alpha value is -1.68. The van der Waals surface area contributed by atoms with E-state index in [1.165, 1.54) is 0 Å². The third kappa shape index (κ3) is 2.71. The first-order valence-corrected chi connectivity index (χ1v) is 6.29. The Kier molecular flexibility index (Phi) is 3.54. The molecule has 0 aliphatic heterocycles. The number of aryl methyl sites for hydroxylation is 1. The Balaban J connectivity index is 2.19. The van der Waals surface area contributed by atoms with Crippen LogP contribution in [0.15, 0.2) is 29.1 Å². The Morgan fingerprint density at radius 1 is 1.47 bits per heavy atom. The lowest BCUT2D eigenvalue weighted by atomic mass is 10.1. The summed E-state index contributed by atoms with van der Waals surface area (Å²) in [5.41, 5.74) is 5.85. The van der Waals surface area contributed by atoms with E-state index in [2.05, 4.69) is 9.88 Å². The maximum Gasteiger partial charge on any atom is 0.150 e. The van der Waals surface area contributed by atoms with Crippen molar-refractivity contribution in [2.45, 2.75) is 13.5 Å². The standard InChI is InChI=1S/C13H14N2OS/c1-10-5-11(7-16)3-4-13(10)15(2)6-12-8-17-9-14-12/h3-5,7-9H,6H2,1-2H3. The predicted molar refractivity (Wildman–Crippen MR) is 70.8 cm³/mol. The van der Waals surface area contributed by atoms with Gasteiger partial charge in [0.05, 0.1) is 17.7 Å². The average Bonchev–Trinajstić information content (AvgIpc) is 2.81. The molecule has 88 valence electrons. The van der Waals surface area contributed by atoms with E-state index in [1.54, 1.807) is 11.3 Å². The number of hydrogen-bond acceptors (Lipinski definition) is 4. The summed E-state index contributed by atoms with van der Waals surface area (Å²) in [6, 6.07) is 5.72. The number of anilines is 1. The van der Waals surface area contributed by atoms with Crippen LogP contribution in [0.5, 0.6) is 0 Å². The van der Waals surface area contributed by atoms with E-state index in [1.807, 2.05) is 43.1 Å². The first kappa shape index (κ1) is 11.8. The molecule has 0 amide bonds. The number of aromatic nitrogens is 1. The molecule has 0 fully saturated rings. The predicted octanol–water partition coefficient (Wildman–Crippen LogP) is 2.90. The number of carbonyl (C=O) groups excluding carboxylic acids is 1. The fourth-order valence-electron chi connectivity index (χ4n) is 1.82.